The Morgan fingerprint density at radius 3 is 1.65 bits per heavy atom. The predicted octanol–water partition coefficient (Wildman–Crippen LogP) is 7.46. The smallest absolute Gasteiger partial charge is 0.376 e. The summed E-state index contributed by atoms with van der Waals surface area (Å²) in [5.41, 5.74) is 5.89. The molecule has 19 heteroatoms. The van der Waals surface area contributed by atoms with Crippen molar-refractivity contribution in [2.75, 3.05) is 78.5 Å². The van der Waals surface area contributed by atoms with Gasteiger partial charge in [-0.2, -0.15) is 0 Å². The lowest BCUT2D eigenvalue weighted by atomic mass is 9.84. The average Bonchev–Trinajstić information content (AvgIpc) is 4.37. The second-order valence-electron chi connectivity index (χ2n) is 20.9. The van der Waals surface area contributed by atoms with Gasteiger partial charge in [-0.1, -0.05) is 109 Å². The molecule has 6 aromatic rings. The van der Waals surface area contributed by atoms with E-state index in [1.165, 1.54) is 0 Å². The van der Waals surface area contributed by atoms with Gasteiger partial charge in [0.1, 0.15) is 21.8 Å². The van der Waals surface area contributed by atoms with Crippen LogP contribution in [0, 0.1) is 0 Å². The summed E-state index contributed by atoms with van der Waals surface area (Å²) in [6, 6.07) is 35.1. The maximum absolute atomic E-state index is 14.5. The summed E-state index contributed by atoms with van der Waals surface area (Å²) in [4.78, 5) is 91.1. The Morgan fingerprint density at radius 1 is 0.641 bits per heavy atom. The summed E-state index contributed by atoms with van der Waals surface area (Å²) in [6.45, 7) is 10.4. The van der Waals surface area contributed by atoms with Crippen molar-refractivity contribution in [2.45, 2.75) is 75.8 Å². The number of thiazole rings is 2. The van der Waals surface area contributed by atoms with Crippen LogP contribution >= 0.6 is 22.7 Å². The highest BCUT2D eigenvalue weighted by molar-refractivity contribution is 7.15. The number of carbonyl (C=O) groups excluding carboxylic acids is 5. The molecule has 0 saturated carbocycles. The number of likely N-dealkylation sites (tertiary alicyclic amines) is 2. The molecule has 1 radical (unpaired) electrons. The van der Waals surface area contributed by atoms with Crippen molar-refractivity contribution in [1.82, 2.24) is 44.5 Å². The van der Waals surface area contributed by atoms with E-state index >= 15 is 0 Å². The third-order valence-corrected chi connectivity index (χ3v) is 18.2. The lowest BCUT2D eigenvalue weighted by molar-refractivity contribution is -0.137. The summed E-state index contributed by atoms with van der Waals surface area (Å²) in [5, 5.41) is 14.8. The van der Waals surface area contributed by atoms with Gasteiger partial charge in [0, 0.05) is 110 Å². The molecule has 4 saturated heterocycles. The van der Waals surface area contributed by atoms with E-state index in [0.29, 0.717) is 32.6 Å². The first-order valence-electron chi connectivity index (χ1n) is 27.6. The molecule has 2 N–H and O–H groups in total. The van der Waals surface area contributed by atoms with Crippen molar-refractivity contribution in [3.05, 3.63) is 143 Å². The van der Waals surface area contributed by atoms with E-state index in [1.54, 1.807) is 36.9 Å². The molecule has 0 bridgehead atoms. The molecule has 10 rings (SSSR count). The van der Waals surface area contributed by atoms with Crippen LogP contribution in [-0.2, 0) is 24.0 Å². The van der Waals surface area contributed by atoms with Crippen molar-refractivity contribution in [3.63, 3.8) is 0 Å². The minimum Gasteiger partial charge on any atom is -0.437 e. The lowest BCUT2D eigenvalue weighted by Gasteiger charge is -2.35. The van der Waals surface area contributed by atoms with Gasteiger partial charge in [-0.05, 0) is 65.9 Å². The van der Waals surface area contributed by atoms with E-state index in [4.69, 9.17) is 9.97 Å². The number of hydrogen-bond donors (Lipinski definition) is 2. The first-order valence-corrected chi connectivity index (χ1v) is 29.3. The van der Waals surface area contributed by atoms with Gasteiger partial charge < -0.3 is 44.4 Å². The van der Waals surface area contributed by atoms with Crippen molar-refractivity contribution in [3.8, 4) is 32.0 Å². The van der Waals surface area contributed by atoms with Gasteiger partial charge in [-0.3, -0.25) is 19.2 Å². The molecular formula is C59H68B2N9O6S2. The summed E-state index contributed by atoms with van der Waals surface area (Å²) < 4.78 is 0. The molecule has 0 unspecified atom stereocenters. The standard InChI is InChI=1S/C59H68B2N9O6S2/c1-61(76)68-36-32-65(33-37-68)28-24-48(72)38-49(44-10-4-2-5-11-44)58(74)69-26-8-14-50(69)56-62-39-52(77-56)45-20-16-42(17-21-45)43-18-22-46(23-19-43)53-40-63-57(78-53)51-15-9-27-70(51)59(75)55(47-12-6-3-7-13-47)64-54(73)25-29-66-30-34-67(35-31-66)60-41-71/h2-7,10-13,16-23,39-41,49-51,55,76H,8-9,14-15,24-38H2,1H3,(H,64,73)/t49-,50+,51+,55-/m1/s1. The molecule has 2 aromatic heterocycles. The second-order valence-corrected chi connectivity index (χ2v) is 23.1. The van der Waals surface area contributed by atoms with E-state index in [-0.39, 0.29) is 48.4 Å². The first kappa shape index (κ1) is 55.1. The number of nitrogens with one attached hydrogen (secondary N) is 1. The molecule has 4 aromatic carbocycles. The normalized spacial score (nSPS) is 19.4. The van der Waals surface area contributed by atoms with Gasteiger partial charge in [0.25, 0.3) is 7.41 Å². The van der Waals surface area contributed by atoms with Gasteiger partial charge >= 0.3 is 7.05 Å². The van der Waals surface area contributed by atoms with Crippen LogP contribution in [0.1, 0.15) is 90.1 Å². The first-order chi connectivity index (χ1) is 38.1. The monoisotopic (exact) mass is 1080 g/mol. The van der Waals surface area contributed by atoms with Crippen LogP contribution in [0.4, 0.5) is 0 Å². The van der Waals surface area contributed by atoms with E-state index in [2.05, 4.69) is 63.6 Å². The third kappa shape index (κ3) is 13.4. The number of carbonyl (C=O) groups is 5. The highest BCUT2D eigenvalue weighted by atomic mass is 32.1. The Kier molecular flexibility index (Phi) is 18.5. The van der Waals surface area contributed by atoms with Crippen molar-refractivity contribution in [1.29, 1.82) is 0 Å². The zero-order chi connectivity index (χ0) is 54.0. The van der Waals surface area contributed by atoms with Gasteiger partial charge in [-0.25, -0.2) is 9.97 Å². The van der Waals surface area contributed by atoms with E-state index in [1.807, 2.05) is 92.5 Å². The van der Waals surface area contributed by atoms with Crippen molar-refractivity contribution in [2.24, 2.45) is 0 Å². The fraction of sp³-hybridized carbons (Fsp3) is 0.407. The van der Waals surface area contributed by atoms with Crippen LogP contribution in [0.3, 0.4) is 0 Å². The molecule has 4 aliphatic rings. The molecule has 0 aliphatic carbocycles. The average molecular weight is 1090 g/mol. The topological polar surface area (TPSA) is 163 Å². The summed E-state index contributed by atoms with van der Waals surface area (Å²) in [6.07, 6.45) is 8.79. The van der Waals surface area contributed by atoms with Crippen molar-refractivity contribution < 1.29 is 29.0 Å². The fourth-order valence-electron chi connectivity index (χ4n) is 11.4. The Morgan fingerprint density at radius 2 is 1.13 bits per heavy atom. The summed E-state index contributed by atoms with van der Waals surface area (Å²) >= 11 is 3.23. The number of rotatable bonds is 21. The summed E-state index contributed by atoms with van der Waals surface area (Å²) in [7, 11) is 1.10. The molecule has 4 atom stereocenters. The minimum atomic E-state index is -0.810. The molecule has 3 amide bonds. The highest BCUT2D eigenvalue weighted by Crippen LogP contribution is 2.42. The molecule has 15 nitrogen and oxygen atoms in total. The predicted molar refractivity (Wildman–Crippen MR) is 309 cm³/mol. The van der Waals surface area contributed by atoms with Crippen molar-refractivity contribution >= 4 is 66.8 Å². The highest BCUT2D eigenvalue weighted by Gasteiger charge is 2.39. The minimum absolute atomic E-state index is 0.0141. The maximum Gasteiger partial charge on any atom is 0.376 e. The Labute approximate surface area is 467 Å². The second kappa shape index (κ2) is 26.2. The Bertz CT molecular complexity index is 2970. The van der Waals surface area contributed by atoms with Gasteiger partial charge in [0.2, 0.25) is 17.7 Å². The number of benzene rings is 4. The van der Waals surface area contributed by atoms with Crippen LogP contribution < -0.4 is 5.32 Å². The van der Waals surface area contributed by atoms with Crippen LogP contribution in [-0.4, -0.2) is 167 Å². The molecular weight excluding hydrogens is 1020 g/mol. The number of ketones is 1. The number of piperazine rings is 2. The number of nitrogens with zero attached hydrogens (tertiary/aromatic N) is 8. The molecule has 403 valence electrons. The van der Waals surface area contributed by atoms with Gasteiger partial charge in [-0.15, -0.1) is 22.7 Å². The van der Waals surface area contributed by atoms with Crippen LogP contribution in [0.2, 0.25) is 6.82 Å². The maximum atomic E-state index is 14.5. The van der Waals surface area contributed by atoms with Crippen LogP contribution in [0.15, 0.2) is 122 Å². The lowest BCUT2D eigenvalue weighted by Crippen LogP contribution is -2.51. The fourth-order valence-corrected chi connectivity index (χ4v) is 13.5. The third-order valence-electron chi connectivity index (χ3n) is 16.0. The van der Waals surface area contributed by atoms with Crippen LogP contribution in [0.5, 0.6) is 0 Å². The molecule has 0 spiro atoms. The molecule has 4 aliphatic heterocycles. The zero-order valence-corrected chi connectivity index (χ0v) is 46.0. The SMILES string of the molecule is CB(O)N1CCN(CCC(=O)C[C@@H](C(=O)N2CCC[C@H]2c2ncc(-c3ccc(-c4ccc(-c5cnc([C@@H]6CCCN6C(=O)[C@H](NC(=O)CCN6CCN([B]C=O)CC6)c6ccccc6)s5)cc4)cc3)s2)c2ccccc2)CC1. The van der Waals surface area contributed by atoms with E-state index < -0.39 is 19.0 Å². The summed E-state index contributed by atoms with van der Waals surface area (Å²) in [5.74, 6) is -0.785. The Balaban J connectivity index is 0.748. The number of Topliss-reactive ketones (excluding diaryl/α,β-unsaturated/α-hetero) is 1. The molecule has 6 heterocycles. The van der Waals surface area contributed by atoms with Gasteiger partial charge in [0.05, 0.1) is 33.9 Å². The molecule has 4 fully saturated rings. The number of aromatic nitrogens is 2. The number of amides is 3. The largest absolute Gasteiger partial charge is 0.437 e. The Hall–Kier alpha value is -6.18. The molecule has 78 heavy (non-hydrogen) atoms. The van der Waals surface area contributed by atoms with Gasteiger partial charge in [0.15, 0.2) is 0 Å². The quantitative estimate of drug-likeness (QED) is 0.0542. The van der Waals surface area contributed by atoms with E-state index in [0.717, 1.165) is 137 Å². The van der Waals surface area contributed by atoms with Crippen LogP contribution in [0.25, 0.3) is 32.0 Å². The number of hydrogen-bond acceptors (Lipinski definition) is 14. The van der Waals surface area contributed by atoms with E-state index in [9.17, 15) is 29.0 Å². The zero-order valence-electron chi connectivity index (χ0n) is 44.4.